The Morgan fingerprint density at radius 1 is 0.872 bits per heavy atom. The van der Waals surface area contributed by atoms with E-state index in [0.29, 0.717) is 40.2 Å². The van der Waals surface area contributed by atoms with Crippen LogP contribution in [-0.4, -0.2) is 104 Å². The summed E-state index contributed by atoms with van der Waals surface area (Å²) in [6, 6.07) is 4.43. The van der Waals surface area contributed by atoms with Gasteiger partial charge in [0.25, 0.3) is 21.6 Å². The zero-order valence-corrected chi connectivity index (χ0v) is 47.9. The van der Waals surface area contributed by atoms with E-state index in [0.717, 1.165) is 11.6 Å². The van der Waals surface area contributed by atoms with Crippen LogP contribution in [-0.2, 0) is 46.8 Å². The van der Waals surface area contributed by atoms with Crippen molar-refractivity contribution in [2.45, 2.75) is 174 Å². The normalized spacial score (nSPS) is 14.4. The number of nitro groups is 1. The van der Waals surface area contributed by atoms with Gasteiger partial charge >= 0.3 is 6.09 Å². The molecule has 0 spiro atoms. The van der Waals surface area contributed by atoms with Gasteiger partial charge in [0.1, 0.15) is 46.4 Å². The summed E-state index contributed by atoms with van der Waals surface area (Å²) < 4.78 is 58.6. The fourth-order valence-corrected chi connectivity index (χ4v) is 9.91. The number of nitro benzene ring substituents is 1. The minimum atomic E-state index is -4.29. The van der Waals surface area contributed by atoms with Crippen molar-refractivity contribution in [2.24, 2.45) is 5.73 Å². The highest BCUT2D eigenvalue weighted by Gasteiger charge is 2.37. The van der Waals surface area contributed by atoms with E-state index in [1.807, 2.05) is 34.6 Å². The van der Waals surface area contributed by atoms with Crippen LogP contribution < -0.4 is 61.5 Å². The van der Waals surface area contributed by atoms with Crippen molar-refractivity contribution in [1.82, 2.24) is 36.8 Å². The number of hydrazine groups is 1. The van der Waals surface area contributed by atoms with Gasteiger partial charge in [-0.15, -0.1) is 0 Å². The molecule has 1 heterocycles. The summed E-state index contributed by atoms with van der Waals surface area (Å²) in [4.78, 5) is 78.0. The zero-order valence-electron chi connectivity index (χ0n) is 47.1. The van der Waals surface area contributed by atoms with Crippen LogP contribution in [0.2, 0.25) is 0 Å². The van der Waals surface area contributed by atoms with Crippen molar-refractivity contribution < 1.29 is 61.0 Å². The number of fused-ring (bicyclic) bond motifs is 1. The van der Waals surface area contributed by atoms with Crippen molar-refractivity contribution in [3.05, 3.63) is 79.9 Å². The monoisotopic (exact) mass is 1110 g/mol. The lowest BCUT2D eigenvalue weighted by Gasteiger charge is -2.26. The largest absolute Gasteiger partial charge is 0.493 e. The summed E-state index contributed by atoms with van der Waals surface area (Å²) in [6.45, 7) is 22.5. The quantitative estimate of drug-likeness (QED) is 0.0174. The number of ether oxygens (including phenoxy) is 5. The van der Waals surface area contributed by atoms with Crippen LogP contribution in [0.15, 0.2) is 41.3 Å². The highest BCUT2D eigenvalue weighted by molar-refractivity contribution is 7.90. The molecule has 1 aliphatic heterocycles. The number of carbonyl (C=O) groups is 5. The van der Waals surface area contributed by atoms with E-state index in [4.69, 9.17) is 34.8 Å². The molecule has 0 saturated carbocycles. The molecule has 4 rings (SSSR count). The van der Waals surface area contributed by atoms with E-state index in [-0.39, 0.29) is 67.2 Å². The number of guanidine groups is 1. The Labute approximate surface area is 456 Å². The van der Waals surface area contributed by atoms with Gasteiger partial charge in [0, 0.05) is 31.4 Å². The third-order valence-electron chi connectivity index (χ3n) is 12.2. The van der Waals surface area contributed by atoms with Gasteiger partial charge in [0.15, 0.2) is 11.5 Å². The van der Waals surface area contributed by atoms with Gasteiger partial charge in [-0.25, -0.2) is 23.4 Å². The Bertz CT molecular complexity index is 2830. The Morgan fingerprint density at radius 3 is 2.10 bits per heavy atom. The van der Waals surface area contributed by atoms with Crippen molar-refractivity contribution in [3.8, 4) is 23.0 Å². The highest BCUT2D eigenvalue weighted by Crippen LogP contribution is 2.44. The summed E-state index contributed by atoms with van der Waals surface area (Å²) in [5.74, 6) is -2.16. The van der Waals surface area contributed by atoms with Gasteiger partial charge in [0.05, 0.1) is 41.2 Å². The van der Waals surface area contributed by atoms with Gasteiger partial charge < -0.3 is 50.7 Å². The number of primary amides is 1. The number of rotatable bonds is 25. The molecule has 430 valence electrons. The molecule has 3 aromatic rings. The lowest BCUT2D eigenvalue weighted by Crippen LogP contribution is -2.58. The van der Waals surface area contributed by atoms with Crippen molar-refractivity contribution in [1.29, 1.82) is 5.41 Å². The molecule has 10 N–H and O–H groups in total. The van der Waals surface area contributed by atoms with Gasteiger partial charge in [0.2, 0.25) is 23.7 Å². The summed E-state index contributed by atoms with van der Waals surface area (Å²) in [5.41, 5.74) is 11.3. The van der Waals surface area contributed by atoms with E-state index < -0.39 is 97.3 Å². The zero-order chi connectivity index (χ0) is 58.7. The SMILES string of the molecule is COc1cc(C(C)NNC(=O)[C@H](CCCNC(=N)NS(=O)(=O)c2c(C)c(C)c3c(c2C)CC(C)(C)O3)NC(=O)[C@H](Cc2ccc(OC(C)(C)C)cc2)NC(=O)[C@H](C)NC(=O)OC(C)(C)C)c([N+](=O)[O-])cc1OCCCC(N)=O. The molecule has 0 aliphatic carbocycles. The Morgan fingerprint density at radius 2 is 1.51 bits per heavy atom. The maximum Gasteiger partial charge on any atom is 0.408 e. The average molecular weight is 1110 g/mol. The van der Waals surface area contributed by atoms with E-state index in [1.165, 1.54) is 27.0 Å². The minimum absolute atomic E-state index is 0.00737. The molecular formula is C53H78N10O14S. The number of nitrogens with two attached hydrogens (primary N) is 1. The third-order valence-corrected chi connectivity index (χ3v) is 13.8. The van der Waals surface area contributed by atoms with E-state index in [2.05, 4.69) is 36.8 Å². The summed E-state index contributed by atoms with van der Waals surface area (Å²) in [7, 11) is -2.96. The molecule has 25 heteroatoms. The molecule has 0 aromatic heterocycles. The number of nitrogens with zero attached hydrogens (tertiary/aromatic N) is 1. The van der Waals surface area contributed by atoms with Gasteiger partial charge in [-0.2, -0.15) is 0 Å². The van der Waals surface area contributed by atoms with Gasteiger partial charge in [-0.1, -0.05) is 12.1 Å². The fraction of sp³-hybridized carbons (Fsp3) is 0.547. The molecule has 5 amide bonds. The highest BCUT2D eigenvalue weighted by atomic mass is 32.2. The number of hydrogen-bond donors (Lipinski definition) is 9. The molecule has 4 atom stereocenters. The second-order valence-corrected chi connectivity index (χ2v) is 23.4. The number of alkyl carbamates (subject to hydrolysis) is 1. The minimum Gasteiger partial charge on any atom is -0.493 e. The number of nitrogens with one attached hydrogen (secondary N) is 8. The average Bonchev–Trinajstić information content (AvgIpc) is 3.66. The van der Waals surface area contributed by atoms with Gasteiger partial charge in [-0.3, -0.25) is 40.1 Å². The number of hydrogen-bond acceptors (Lipinski definition) is 16. The lowest BCUT2D eigenvalue weighted by molar-refractivity contribution is -0.385. The summed E-state index contributed by atoms with van der Waals surface area (Å²) in [6.07, 6.45) is -0.294. The number of amides is 5. The molecule has 0 bridgehead atoms. The van der Waals surface area contributed by atoms with Crippen LogP contribution in [0, 0.1) is 36.3 Å². The molecular weight excluding hydrogens is 1030 g/mol. The molecule has 0 radical (unpaired) electrons. The smallest absolute Gasteiger partial charge is 0.408 e. The first kappa shape index (κ1) is 63.1. The topological polar surface area (TPSA) is 343 Å². The first-order valence-corrected chi connectivity index (χ1v) is 27.0. The summed E-state index contributed by atoms with van der Waals surface area (Å²) in [5, 5.41) is 31.5. The number of sulfonamides is 1. The van der Waals surface area contributed by atoms with Crippen molar-refractivity contribution in [3.63, 3.8) is 0 Å². The van der Waals surface area contributed by atoms with E-state index in [9.17, 15) is 42.5 Å². The second-order valence-electron chi connectivity index (χ2n) is 21.7. The summed E-state index contributed by atoms with van der Waals surface area (Å²) >= 11 is 0. The maximum atomic E-state index is 14.5. The number of methoxy groups -OCH3 is 1. The van der Waals surface area contributed by atoms with E-state index in [1.54, 1.807) is 65.8 Å². The second kappa shape index (κ2) is 26.3. The first-order valence-electron chi connectivity index (χ1n) is 25.5. The van der Waals surface area contributed by atoms with E-state index >= 15 is 0 Å². The van der Waals surface area contributed by atoms with Gasteiger partial charge in [-0.05, 0) is 150 Å². The lowest BCUT2D eigenvalue weighted by atomic mass is 9.94. The molecule has 24 nitrogen and oxygen atoms in total. The number of carbonyl (C=O) groups excluding carboxylic acids is 5. The van der Waals surface area contributed by atoms with Crippen molar-refractivity contribution in [2.75, 3.05) is 20.3 Å². The first-order chi connectivity index (χ1) is 36.1. The van der Waals surface area contributed by atoms with Crippen LogP contribution in [0.4, 0.5) is 10.5 Å². The molecule has 1 unspecified atom stereocenters. The van der Waals surface area contributed by atoms with Crippen molar-refractivity contribution >= 4 is 51.4 Å². The molecule has 3 aromatic carbocycles. The maximum absolute atomic E-state index is 14.5. The fourth-order valence-electron chi connectivity index (χ4n) is 8.38. The predicted molar refractivity (Wildman–Crippen MR) is 291 cm³/mol. The Kier molecular flexibility index (Phi) is 21.3. The van der Waals surface area contributed by atoms with Crippen LogP contribution >= 0.6 is 0 Å². The van der Waals surface area contributed by atoms with Crippen LogP contribution in [0.5, 0.6) is 23.0 Å². The molecule has 0 saturated heterocycles. The Hall–Kier alpha value is -7.41. The standard InChI is InChI=1S/C53H78N10O14S/c1-29-30(2)45(31(3)37-28-53(12,13)76-44(29)37)78(71,72)62-49(55)56-23-15-17-38(48(67)61-60-32(4)36-26-41(73-14)42(27-40(36)63(69)70)74-24-16-18-43(54)64)58-47(66)39(25-34-19-21-35(22-20-34)75-51(6,7)8)59-46(65)33(5)57-50(68)77-52(9,10)11/h19-22,26-27,32-33,38-39,60H,15-18,23-25,28H2,1-14H3,(H2,54,64)(H,57,68)(H,58,66)(H,59,65)(H,61,67)(H3,55,56,62)/t32?,33-,38-,39-/m0/s1. The Balaban J connectivity index is 1.61. The van der Waals surface area contributed by atoms with Crippen LogP contribution in [0.3, 0.4) is 0 Å². The van der Waals surface area contributed by atoms with Crippen LogP contribution in [0.1, 0.15) is 134 Å². The van der Waals surface area contributed by atoms with Crippen LogP contribution in [0.25, 0.3) is 0 Å². The molecule has 0 fully saturated rings. The number of benzene rings is 3. The molecule has 78 heavy (non-hydrogen) atoms. The third kappa shape index (κ3) is 18.4. The molecule has 1 aliphatic rings. The predicted octanol–water partition coefficient (Wildman–Crippen LogP) is 5.15.